The van der Waals surface area contributed by atoms with Gasteiger partial charge in [0.1, 0.15) is 6.04 Å². The van der Waals surface area contributed by atoms with Crippen LogP contribution < -0.4 is 0 Å². The quantitative estimate of drug-likeness (QED) is 0.819. The molecule has 1 aliphatic heterocycles. The van der Waals surface area contributed by atoms with Crippen molar-refractivity contribution in [3.63, 3.8) is 0 Å². The summed E-state index contributed by atoms with van der Waals surface area (Å²) in [7, 11) is 3.42. The van der Waals surface area contributed by atoms with Crippen molar-refractivity contribution < 1.29 is 14.4 Å². The van der Waals surface area contributed by atoms with Gasteiger partial charge in [-0.1, -0.05) is 49.0 Å². The van der Waals surface area contributed by atoms with Gasteiger partial charge in [0.15, 0.2) is 0 Å². The first-order valence-electron chi connectivity index (χ1n) is 8.15. The Balaban J connectivity index is 1.92. The van der Waals surface area contributed by atoms with Crippen LogP contribution in [0.5, 0.6) is 0 Å². The number of likely N-dealkylation sites (tertiary alicyclic amines) is 1. The third kappa shape index (κ3) is 4.38. The SMILES string of the molecule is CC(CSC(=O)c1ccccc1)C(=O)N1CCC[C@H]1C(=O)N(C)C. The van der Waals surface area contributed by atoms with E-state index in [0.29, 0.717) is 24.3 Å². The highest BCUT2D eigenvalue weighted by molar-refractivity contribution is 8.14. The van der Waals surface area contributed by atoms with Crippen molar-refractivity contribution in [3.05, 3.63) is 35.9 Å². The van der Waals surface area contributed by atoms with Gasteiger partial charge in [0.2, 0.25) is 16.9 Å². The third-order valence-electron chi connectivity index (χ3n) is 4.16. The maximum Gasteiger partial charge on any atom is 0.244 e. The van der Waals surface area contributed by atoms with Crippen LogP contribution in [0, 0.1) is 5.92 Å². The van der Waals surface area contributed by atoms with E-state index < -0.39 is 0 Å². The average molecular weight is 348 g/mol. The Hall–Kier alpha value is -1.82. The smallest absolute Gasteiger partial charge is 0.244 e. The van der Waals surface area contributed by atoms with Crippen LogP contribution >= 0.6 is 11.8 Å². The van der Waals surface area contributed by atoms with E-state index in [1.165, 1.54) is 4.90 Å². The zero-order valence-corrected chi connectivity index (χ0v) is 15.2. The number of carbonyl (C=O) groups is 3. The molecule has 1 saturated heterocycles. The maximum absolute atomic E-state index is 12.7. The van der Waals surface area contributed by atoms with Crippen LogP contribution in [0.3, 0.4) is 0 Å². The number of hydrogen-bond acceptors (Lipinski definition) is 4. The van der Waals surface area contributed by atoms with Crippen LogP contribution in [0.2, 0.25) is 0 Å². The van der Waals surface area contributed by atoms with Crippen LogP contribution in [-0.2, 0) is 9.59 Å². The Morgan fingerprint density at radius 1 is 1.25 bits per heavy atom. The van der Waals surface area contributed by atoms with E-state index in [1.54, 1.807) is 31.1 Å². The average Bonchev–Trinajstić information content (AvgIpc) is 3.08. The molecule has 1 aromatic rings. The van der Waals surface area contributed by atoms with E-state index >= 15 is 0 Å². The summed E-state index contributed by atoms with van der Waals surface area (Å²) in [6.07, 6.45) is 1.56. The predicted molar refractivity (Wildman–Crippen MR) is 95.8 cm³/mol. The summed E-state index contributed by atoms with van der Waals surface area (Å²) < 4.78 is 0. The van der Waals surface area contributed by atoms with Crippen molar-refractivity contribution in [2.45, 2.75) is 25.8 Å². The van der Waals surface area contributed by atoms with Crippen molar-refractivity contribution in [2.24, 2.45) is 5.92 Å². The van der Waals surface area contributed by atoms with Gasteiger partial charge in [-0.2, -0.15) is 0 Å². The molecule has 0 N–H and O–H groups in total. The van der Waals surface area contributed by atoms with Gasteiger partial charge in [-0.25, -0.2) is 0 Å². The maximum atomic E-state index is 12.7. The first kappa shape index (κ1) is 18.5. The highest BCUT2D eigenvalue weighted by atomic mass is 32.2. The molecule has 0 aliphatic carbocycles. The number of rotatable bonds is 5. The highest BCUT2D eigenvalue weighted by Crippen LogP contribution is 2.23. The van der Waals surface area contributed by atoms with Gasteiger partial charge in [0.25, 0.3) is 0 Å². The van der Waals surface area contributed by atoms with Crippen LogP contribution in [-0.4, -0.2) is 59.2 Å². The summed E-state index contributed by atoms with van der Waals surface area (Å²) in [4.78, 5) is 40.2. The Kier molecular flexibility index (Phi) is 6.43. The van der Waals surface area contributed by atoms with Gasteiger partial charge in [0, 0.05) is 37.9 Å². The lowest BCUT2D eigenvalue weighted by Gasteiger charge is -2.28. The first-order valence-corrected chi connectivity index (χ1v) is 9.14. The van der Waals surface area contributed by atoms with Crippen molar-refractivity contribution in [1.82, 2.24) is 9.80 Å². The summed E-state index contributed by atoms with van der Waals surface area (Å²) in [5.74, 6) is 0.0618. The minimum atomic E-state index is -0.357. The number of amides is 2. The van der Waals surface area contributed by atoms with Crippen LogP contribution in [0.15, 0.2) is 30.3 Å². The minimum absolute atomic E-state index is 0.0268. The van der Waals surface area contributed by atoms with Crippen molar-refractivity contribution in [1.29, 1.82) is 0 Å². The van der Waals surface area contributed by atoms with Gasteiger partial charge in [-0.05, 0) is 12.8 Å². The fraction of sp³-hybridized carbons (Fsp3) is 0.500. The van der Waals surface area contributed by atoms with Crippen LogP contribution in [0.4, 0.5) is 0 Å². The second kappa shape index (κ2) is 8.33. The summed E-state index contributed by atoms with van der Waals surface area (Å²) >= 11 is 1.16. The Morgan fingerprint density at radius 3 is 2.54 bits per heavy atom. The number of hydrogen-bond donors (Lipinski definition) is 0. The van der Waals surface area contributed by atoms with Gasteiger partial charge in [0.05, 0.1) is 0 Å². The van der Waals surface area contributed by atoms with Crippen LogP contribution in [0.1, 0.15) is 30.1 Å². The molecule has 0 bridgehead atoms. The molecule has 24 heavy (non-hydrogen) atoms. The van der Waals surface area contributed by atoms with Crippen LogP contribution in [0.25, 0.3) is 0 Å². The fourth-order valence-electron chi connectivity index (χ4n) is 2.80. The number of carbonyl (C=O) groups excluding carboxylic acids is 3. The topological polar surface area (TPSA) is 57.7 Å². The van der Waals surface area contributed by atoms with E-state index in [1.807, 2.05) is 25.1 Å². The van der Waals surface area contributed by atoms with Gasteiger partial charge in [-0.15, -0.1) is 0 Å². The first-order chi connectivity index (χ1) is 11.4. The molecule has 2 amide bonds. The molecule has 5 nitrogen and oxygen atoms in total. The van der Waals surface area contributed by atoms with Gasteiger partial charge >= 0.3 is 0 Å². The molecule has 1 aliphatic rings. The minimum Gasteiger partial charge on any atom is -0.347 e. The number of nitrogens with zero attached hydrogens (tertiary/aromatic N) is 2. The van der Waals surface area contributed by atoms with Crippen molar-refractivity contribution >= 4 is 28.7 Å². The molecule has 130 valence electrons. The highest BCUT2D eigenvalue weighted by Gasteiger charge is 2.36. The second-order valence-corrected chi connectivity index (χ2v) is 7.28. The molecule has 0 saturated carbocycles. The molecule has 2 atom stereocenters. The lowest BCUT2D eigenvalue weighted by molar-refractivity contribution is -0.144. The third-order valence-corrected chi connectivity index (χ3v) is 5.32. The van der Waals surface area contributed by atoms with E-state index in [4.69, 9.17) is 0 Å². The van der Waals surface area contributed by atoms with Crippen molar-refractivity contribution in [3.8, 4) is 0 Å². The zero-order chi connectivity index (χ0) is 17.7. The Bertz CT molecular complexity index is 604. The number of thioether (sulfide) groups is 1. The molecular weight excluding hydrogens is 324 g/mol. The molecule has 2 rings (SSSR count). The van der Waals surface area contributed by atoms with Gasteiger partial charge in [-0.3, -0.25) is 14.4 Å². The van der Waals surface area contributed by atoms with E-state index in [0.717, 1.165) is 18.2 Å². The van der Waals surface area contributed by atoms with E-state index in [9.17, 15) is 14.4 Å². The molecule has 6 heteroatoms. The molecular formula is C18H24N2O3S. The summed E-state index contributed by atoms with van der Waals surface area (Å²) in [5, 5.41) is -0.0300. The Labute approximate surface area is 147 Å². The fourth-order valence-corrected chi connectivity index (χ4v) is 3.64. The predicted octanol–water partition coefficient (Wildman–Crippen LogP) is 2.28. The van der Waals surface area contributed by atoms with E-state index in [2.05, 4.69) is 0 Å². The monoisotopic (exact) mass is 348 g/mol. The molecule has 0 spiro atoms. The zero-order valence-electron chi connectivity index (χ0n) is 14.4. The summed E-state index contributed by atoms with van der Waals surface area (Å²) in [6, 6.07) is 8.70. The molecule has 1 aromatic carbocycles. The lowest BCUT2D eigenvalue weighted by Crippen LogP contribution is -2.47. The molecule has 0 aromatic heterocycles. The Morgan fingerprint density at radius 2 is 1.92 bits per heavy atom. The van der Waals surface area contributed by atoms with E-state index in [-0.39, 0.29) is 28.9 Å². The summed E-state index contributed by atoms with van der Waals surface area (Å²) in [5.41, 5.74) is 0.643. The second-order valence-electron chi connectivity index (χ2n) is 6.29. The molecule has 1 unspecified atom stereocenters. The number of likely N-dealkylation sites (N-methyl/N-ethyl adjacent to an activating group) is 1. The molecule has 1 heterocycles. The largest absolute Gasteiger partial charge is 0.347 e. The standard InChI is InChI=1S/C18H24N2O3S/c1-13(12-24-18(23)14-8-5-4-6-9-14)16(21)20-11-7-10-15(20)17(22)19(2)3/h4-6,8-9,13,15H,7,10-12H2,1-3H3/t13?,15-/m0/s1. The number of benzene rings is 1. The lowest BCUT2D eigenvalue weighted by atomic mass is 10.1. The molecule has 1 fully saturated rings. The van der Waals surface area contributed by atoms with Crippen molar-refractivity contribution in [2.75, 3.05) is 26.4 Å². The van der Waals surface area contributed by atoms with Gasteiger partial charge < -0.3 is 9.80 Å². The molecule has 0 radical (unpaired) electrons. The normalized spacial score (nSPS) is 18.3. The summed E-state index contributed by atoms with van der Waals surface area (Å²) in [6.45, 7) is 2.44.